The van der Waals surface area contributed by atoms with Gasteiger partial charge in [0, 0.05) is 5.56 Å². The molecular formula is C18H20N2O3. The molecule has 5 nitrogen and oxygen atoms in total. The Morgan fingerprint density at radius 1 is 0.913 bits per heavy atom. The zero-order chi connectivity index (χ0) is 16.8. The molecule has 2 aromatic carbocycles. The molecule has 0 radical (unpaired) electrons. The molecule has 0 spiro atoms. The SMILES string of the molecule is Cc1cc(C)cc(OCC(=O)NNC(=O)c2cccc(C)c2)c1. The van der Waals surface area contributed by atoms with Gasteiger partial charge < -0.3 is 4.74 Å². The predicted octanol–water partition coefficient (Wildman–Crippen LogP) is 2.45. The molecule has 0 saturated heterocycles. The summed E-state index contributed by atoms with van der Waals surface area (Å²) in [6, 6.07) is 12.8. The van der Waals surface area contributed by atoms with Gasteiger partial charge >= 0.3 is 0 Å². The van der Waals surface area contributed by atoms with Crippen LogP contribution >= 0.6 is 0 Å². The van der Waals surface area contributed by atoms with E-state index in [-0.39, 0.29) is 12.5 Å². The molecule has 0 atom stereocenters. The van der Waals surface area contributed by atoms with E-state index in [4.69, 9.17) is 4.74 Å². The summed E-state index contributed by atoms with van der Waals surface area (Å²) in [5.74, 6) is -0.165. The van der Waals surface area contributed by atoms with E-state index in [2.05, 4.69) is 10.9 Å². The highest BCUT2D eigenvalue weighted by Crippen LogP contribution is 2.15. The second kappa shape index (κ2) is 7.45. The number of benzene rings is 2. The number of hydrogen-bond acceptors (Lipinski definition) is 3. The number of amides is 2. The van der Waals surface area contributed by atoms with Crippen LogP contribution in [0, 0.1) is 20.8 Å². The number of hydrogen-bond donors (Lipinski definition) is 2. The van der Waals surface area contributed by atoms with Crippen LogP contribution in [0.15, 0.2) is 42.5 Å². The Bertz CT molecular complexity index is 706. The predicted molar refractivity (Wildman–Crippen MR) is 88.2 cm³/mol. The molecule has 23 heavy (non-hydrogen) atoms. The Labute approximate surface area is 135 Å². The quantitative estimate of drug-likeness (QED) is 0.852. The van der Waals surface area contributed by atoms with Crippen LogP contribution in [-0.2, 0) is 4.79 Å². The molecule has 0 saturated carbocycles. The molecule has 0 heterocycles. The van der Waals surface area contributed by atoms with Gasteiger partial charge in [0.1, 0.15) is 5.75 Å². The van der Waals surface area contributed by atoms with E-state index < -0.39 is 5.91 Å². The molecule has 120 valence electrons. The minimum atomic E-state index is -0.426. The summed E-state index contributed by atoms with van der Waals surface area (Å²) in [5.41, 5.74) is 8.29. The van der Waals surface area contributed by atoms with Gasteiger partial charge in [0.25, 0.3) is 11.8 Å². The van der Waals surface area contributed by atoms with Crippen molar-refractivity contribution in [3.63, 3.8) is 0 Å². The van der Waals surface area contributed by atoms with E-state index in [1.807, 2.05) is 45.0 Å². The van der Waals surface area contributed by atoms with Crippen LogP contribution in [0.3, 0.4) is 0 Å². The summed E-state index contributed by atoms with van der Waals surface area (Å²) >= 11 is 0. The molecule has 0 aliphatic rings. The van der Waals surface area contributed by atoms with Gasteiger partial charge in [-0.3, -0.25) is 20.4 Å². The topological polar surface area (TPSA) is 67.4 Å². The summed E-state index contributed by atoms with van der Waals surface area (Å²) < 4.78 is 5.42. The molecule has 0 bridgehead atoms. The molecule has 0 unspecified atom stereocenters. The first-order valence-corrected chi connectivity index (χ1v) is 7.31. The monoisotopic (exact) mass is 312 g/mol. The zero-order valence-corrected chi connectivity index (χ0v) is 13.5. The maximum Gasteiger partial charge on any atom is 0.276 e. The van der Waals surface area contributed by atoms with E-state index in [0.29, 0.717) is 11.3 Å². The van der Waals surface area contributed by atoms with Crippen molar-refractivity contribution in [3.8, 4) is 5.75 Å². The molecule has 0 aliphatic carbocycles. The summed E-state index contributed by atoms with van der Waals surface area (Å²) in [6.07, 6.45) is 0. The highest BCUT2D eigenvalue weighted by Gasteiger charge is 2.08. The number of nitrogens with one attached hydrogen (secondary N) is 2. The van der Waals surface area contributed by atoms with E-state index in [0.717, 1.165) is 16.7 Å². The minimum absolute atomic E-state index is 0.170. The first-order valence-electron chi connectivity index (χ1n) is 7.31. The van der Waals surface area contributed by atoms with Crippen LogP contribution < -0.4 is 15.6 Å². The van der Waals surface area contributed by atoms with Crippen LogP contribution in [0.25, 0.3) is 0 Å². The van der Waals surface area contributed by atoms with Crippen molar-refractivity contribution in [1.82, 2.24) is 10.9 Å². The summed E-state index contributed by atoms with van der Waals surface area (Å²) in [4.78, 5) is 23.6. The van der Waals surface area contributed by atoms with Gasteiger partial charge in [-0.15, -0.1) is 0 Å². The highest BCUT2D eigenvalue weighted by atomic mass is 16.5. The lowest BCUT2D eigenvalue weighted by molar-refractivity contribution is -0.123. The Morgan fingerprint density at radius 2 is 1.61 bits per heavy atom. The molecule has 2 amide bonds. The number of rotatable bonds is 4. The van der Waals surface area contributed by atoms with Crippen molar-refractivity contribution in [1.29, 1.82) is 0 Å². The second-order valence-corrected chi connectivity index (χ2v) is 5.48. The fourth-order valence-electron chi connectivity index (χ4n) is 2.19. The van der Waals surface area contributed by atoms with Gasteiger partial charge in [0.2, 0.25) is 0 Å². The van der Waals surface area contributed by atoms with Crippen LogP contribution in [0.5, 0.6) is 5.75 Å². The molecule has 0 aliphatic heterocycles. The second-order valence-electron chi connectivity index (χ2n) is 5.48. The van der Waals surface area contributed by atoms with Crippen molar-refractivity contribution < 1.29 is 14.3 Å². The van der Waals surface area contributed by atoms with Crippen molar-refractivity contribution in [2.45, 2.75) is 20.8 Å². The summed E-state index contributed by atoms with van der Waals surface area (Å²) in [6.45, 7) is 5.65. The maximum atomic E-state index is 11.9. The lowest BCUT2D eigenvalue weighted by Crippen LogP contribution is -2.43. The Kier molecular flexibility index (Phi) is 5.36. The van der Waals surface area contributed by atoms with Gasteiger partial charge in [0.05, 0.1) is 0 Å². The molecule has 5 heteroatoms. The van der Waals surface area contributed by atoms with Crippen LogP contribution in [0.1, 0.15) is 27.0 Å². The smallest absolute Gasteiger partial charge is 0.276 e. The van der Waals surface area contributed by atoms with Crippen molar-refractivity contribution >= 4 is 11.8 Å². The van der Waals surface area contributed by atoms with Crippen LogP contribution in [0.2, 0.25) is 0 Å². The van der Waals surface area contributed by atoms with E-state index in [1.54, 1.807) is 18.2 Å². The number of ether oxygens (including phenoxy) is 1. The molecule has 2 N–H and O–H groups in total. The number of carbonyl (C=O) groups is 2. The number of carbonyl (C=O) groups excluding carboxylic acids is 2. The highest BCUT2D eigenvalue weighted by molar-refractivity contribution is 5.95. The molecule has 0 aromatic heterocycles. The third-order valence-electron chi connectivity index (χ3n) is 3.16. The molecule has 2 aromatic rings. The zero-order valence-electron chi connectivity index (χ0n) is 13.5. The van der Waals surface area contributed by atoms with Gasteiger partial charge in [0.15, 0.2) is 6.61 Å². The lowest BCUT2D eigenvalue weighted by atomic mass is 10.1. The Balaban J connectivity index is 1.82. The van der Waals surface area contributed by atoms with E-state index >= 15 is 0 Å². The Morgan fingerprint density at radius 3 is 2.26 bits per heavy atom. The molecule has 2 rings (SSSR count). The van der Waals surface area contributed by atoms with Crippen molar-refractivity contribution in [2.24, 2.45) is 0 Å². The fourth-order valence-corrected chi connectivity index (χ4v) is 2.19. The summed E-state index contributed by atoms with van der Waals surface area (Å²) in [5, 5.41) is 0. The largest absolute Gasteiger partial charge is 0.484 e. The van der Waals surface area contributed by atoms with Gasteiger partial charge in [-0.25, -0.2) is 0 Å². The standard InChI is InChI=1S/C18H20N2O3/c1-12-5-4-6-15(8-12)18(22)20-19-17(21)11-23-16-9-13(2)7-14(3)10-16/h4-10H,11H2,1-3H3,(H,19,21)(H,20,22). The van der Waals surface area contributed by atoms with Crippen molar-refractivity contribution in [2.75, 3.05) is 6.61 Å². The average Bonchev–Trinajstić information content (AvgIpc) is 2.49. The number of hydrazine groups is 1. The fraction of sp³-hybridized carbons (Fsp3) is 0.222. The van der Waals surface area contributed by atoms with Crippen molar-refractivity contribution in [3.05, 3.63) is 64.7 Å². The number of aryl methyl sites for hydroxylation is 3. The maximum absolute atomic E-state index is 11.9. The van der Waals surface area contributed by atoms with Gasteiger partial charge in [-0.05, 0) is 56.2 Å². The van der Waals surface area contributed by atoms with Crippen LogP contribution in [-0.4, -0.2) is 18.4 Å². The first-order chi connectivity index (χ1) is 10.9. The lowest BCUT2D eigenvalue weighted by Gasteiger charge is -2.10. The van der Waals surface area contributed by atoms with E-state index in [1.165, 1.54) is 0 Å². The molecule has 0 fully saturated rings. The van der Waals surface area contributed by atoms with Gasteiger partial charge in [-0.2, -0.15) is 0 Å². The first kappa shape index (κ1) is 16.5. The van der Waals surface area contributed by atoms with Crippen LogP contribution in [0.4, 0.5) is 0 Å². The Hall–Kier alpha value is -2.82. The normalized spacial score (nSPS) is 10.0. The van der Waals surface area contributed by atoms with Gasteiger partial charge in [-0.1, -0.05) is 23.8 Å². The third kappa shape index (κ3) is 5.14. The molecular weight excluding hydrogens is 292 g/mol. The van der Waals surface area contributed by atoms with E-state index in [9.17, 15) is 9.59 Å². The third-order valence-corrected chi connectivity index (χ3v) is 3.16. The average molecular weight is 312 g/mol. The minimum Gasteiger partial charge on any atom is -0.484 e. The summed E-state index contributed by atoms with van der Waals surface area (Å²) in [7, 11) is 0.